The maximum absolute atomic E-state index is 5.81. The number of aromatic nitrogens is 2. The van der Waals surface area contributed by atoms with Gasteiger partial charge in [-0.15, -0.1) is 0 Å². The summed E-state index contributed by atoms with van der Waals surface area (Å²) in [6.45, 7) is 2.26. The Labute approximate surface area is 135 Å². The third-order valence-corrected chi connectivity index (χ3v) is 3.92. The first-order chi connectivity index (χ1) is 11.4. The molecule has 1 aromatic heterocycles. The molecule has 3 aromatic rings. The van der Waals surface area contributed by atoms with Gasteiger partial charge in [-0.25, -0.2) is 9.97 Å². The van der Waals surface area contributed by atoms with E-state index in [0.717, 1.165) is 41.5 Å². The molecule has 0 radical (unpaired) electrons. The van der Waals surface area contributed by atoms with Gasteiger partial charge in [0.15, 0.2) is 5.82 Å². The van der Waals surface area contributed by atoms with Gasteiger partial charge in [0.25, 0.3) is 0 Å². The van der Waals surface area contributed by atoms with Gasteiger partial charge in [0.1, 0.15) is 12.4 Å². The fourth-order valence-electron chi connectivity index (χ4n) is 2.64. The molecule has 1 aliphatic rings. The summed E-state index contributed by atoms with van der Waals surface area (Å²) in [5, 5.41) is 3.29. The minimum absolute atomic E-state index is 0.571. The fraction of sp³-hybridized carbons (Fsp3) is 0.158. The summed E-state index contributed by atoms with van der Waals surface area (Å²) < 4.78 is 5.81. The van der Waals surface area contributed by atoms with Crippen molar-refractivity contribution >= 4 is 0 Å². The number of nitrogens with one attached hydrogen (secondary N) is 1. The lowest BCUT2D eigenvalue weighted by atomic mass is 10.2. The van der Waals surface area contributed by atoms with Gasteiger partial charge in [0.05, 0.1) is 5.69 Å². The molecule has 114 valence electrons. The molecular formula is C19H17N3O. The highest BCUT2D eigenvalue weighted by molar-refractivity contribution is 5.56. The second kappa shape index (κ2) is 6.18. The third kappa shape index (κ3) is 3.07. The normalized spacial score (nSPS) is 12.9. The summed E-state index contributed by atoms with van der Waals surface area (Å²) >= 11 is 0. The van der Waals surface area contributed by atoms with E-state index in [9.17, 15) is 0 Å². The molecule has 1 N–H and O–H groups in total. The zero-order chi connectivity index (χ0) is 15.5. The standard InChI is InChI=1S/C19H17N3O/c1-2-4-14(5-3-1)13-23-17-8-6-15(7-9-17)19-21-11-16-10-20-12-18(16)22-19/h1-9,11,20H,10,12-13H2. The molecule has 2 aromatic carbocycles. The van der Waals surface area contributed by atoms with E-state index in [1.54, 1.807) is 0 Å². The number of ether oxygens (including phenoxy) is 1. The first-order valence-electron chi connectivity index (χ1n) is 7.71. The maximum Gasteiger partial charge on any atom is 0.159 e. The van der Waals surface area contributed by atoms with Crippen molar-refractivity contribution < 1.29 is 4.74 Å². The van der Waals surface area contributed by atoms with Gasteiger partial charge in [-0.05, 0) is 29.8 Å². The number of hydrogen-bond acceptors (Lipinski definition) is 4. The van der Waals surface area contributed by atoms with Gasteiger partial charge in [-0.1, -0.05) is 30.3 Å². The smallest absolute Gasteiger partial charge is 0.159 e. The van der Waals surface area contributed by atoms with Gasteiger partial charge in [0.2, 0.25) is 0 Å². The molecule has 4 rings (SSSR count). The molecule has 1 aliphatic heterocycles. The highest BCUT2D eigenvalue weighted by Crippen LogP contribution is 2.22. The molecule has 0 unspecified atom stereocenters. The van der Waals surface area contributed by atoms with E-state index in [4.69, 9.17) is 4.74 Å². The number of rotatable bonds is 4. The molecule has 4 nitrogen and oxygen atoms in total. The Morgan fingerprint density at radius 1 is 0.957 bits per heavy atom. The fourth-order valence-corrected chi connectivity index (χ4v) is 2.64. The molecule has 23 heavy (non-hydrogen) atoms. The molecule has 4 heteroatoms. The van der Waals surface area contributed by atoms with E-state index >= 15 is 0 Å². The van der Waals surface area contributed by atoms with Crippen LogP contribution in [0.5, 0.6) is 5.75 Å². The van der Waals surface area contributed by atoms with Gasteiger partial charge in [-0.3, -0.25) is 0 Å². The molecule has 0 saturated heterocycles. The molecule has 0 saturated carbocycles. The minimum atomic E-state index is 0.571. The van der Waals surface area contributed by atoms with Crippen molar-refractivity contribution in [3.05, 3.63) is 77.6 Å². The third-order valence-electron chi connectivity index (χ3n) is 3.92. The zero-order valence-corrected chi connectivity index (χ0v) is 12.7. The first-order valence-corrected chi connectivity index (χ1v) is 7.71. The quantitative estimate of drug-likeness (QED) is 0.803. The highest BCUT2D eigenvalue weighted by Gasteiger charge is 2.13. The van der Waals surface area contributed by atoms with Crippen molar-refractivity contribution in [2.75, 3.05) is 0 Å². The summed E-state index contributed by atoms with van der Waals surface area (Å²) in [6, 6.07) is 18.1. The van der Waals surface area contributed by atoms with Crippen molar-refractivity contribution in [1.82, 2.24) is 15.3 Å². The van der Waals surface area contributed by atoms with Crippen LogP contribution in [-0.4, -0.2) is 9.97 Å². The van der Waals surface area contributed by atoms with E-state index in [-0.39, 0.29) is 0 Å². The predicted octanol–water partition coefficient (Wildman–Crippen LogP) is 3.33. The van der Waals surface area contributed by atoms with Crippen LogP contribution in [0.4, 0.5) is 0 Å². The number of fused-ring (bicyclic) bond motifs is 1. The molecule has 0 spiro atoms. The highest BCUT2D eigenvalue weighted by atomic mass is 16.5. The molecular weight excluding hydrogens is 286 g/mol. The van der Waals surface area contributed by atoms with Crippen LogP contribution in [0.15, 0.2) is 60.8 Å². The van der Waals surface area contributed by atoms with Crippen LogP contribution in [0.25, 0.3) is 11.4 Å². The SMILES string of the molecule is c1ccc(COc2ccc(-c3ncc4c(n3)CNC4)cc2)cc1. The topological polar surface area (TPSA) is 47.0 Å². The number of benzene rings is 2. The summed E-state index contributed by atoms with van der Waals surface area (Å²) in [5.41, 5.74) is 4.45. The van der Waals surface area contributed by atoms with Crippen LogP contribution in [0.2, 0.25) is 0 Å². The van der Waals surface area contributed by atoms with Crippen molar-refractivity contribution in [3.63, 3.8) is 0 Å². The Morgan fingerprint density at radius 2 is 1.78 bits per heavy atom. The van der Waals surface area contributed by atoms with Crippen LogP contribution in [-0.2, 0) is 19.7 Å². The van der Waals surface area contributed by atoms with Gasteiger partial charge in [0, 0.05) is 30.4 Å². The minimum Gasteiger partial charge on any atom is -0.489 e. The van der Waals surface area contributed by atoms with E-state index < -0.39 is 0 Å². The second-order valence-corrected chi connectivity index (χ2v) is 5.57. The second-order valence-electron chi connectivity index (χ2n) is 5.57. The predicted molar refractivity (Wildman–Crippen MR) is 88.8 cm³/mol. The first kappa shape index (κ1) is 13.9. The lowest BCUT2D eigenvalue weighted by molar-refractivity contribution is 0.306. The van der Waals surface area contributed by atoms with Gasteiger partial charge < -0.3 is 10.1 Å². The monoisotopic (exact) mass is 303 g/mol. The van der Waals surface area contributed by atoms with E-state index in [1.165, 1.54) is 5.56 Å². The van der Waals surface area contributed by atoms with Crippen molar-refractivity contribution in [1.29, 1.82) is 0 Å². The lowest BCUT2D eigenvalue weighted by Gasteiger charge is -2.07. The molecule has 0 aliphatic carbocycles. The Kier molecular flexibility index (Phi) is 3.74. The van der Waals surface area contributed by atoms with Crippen LogP contribution >= 0.6 is 0 Å². The van der Waals surface area contributed by atoms with Gasteiger partial charge >= 0.3 is 0 Å². The largest absolute Gasteiger partial charge is 0.489 e. The zero-order valence-electron chi connectivity index (χ0n) is 12.7. The van der Waals surface area contributed by atoms with E-state index in [1.807, 2.05) is 48.7 Å². The number of nitrogens with zero attached hydrogens (tertiary/aromatic N) is 2. The lowest BCUT2D eigenvalue weighted by Crippen LogP contribution is -2.00. The van der Waals surface area contributed by atoms with Crippen LogP contribution in [0, 0.1) is 0 Å². The van der Waals surface area contributed by atoms with Crippen molar-refractivity contribution in [2.24, 2.45) is 0 Å². The van der Waals surface area contributed by atoms with Crippen molar-refractivity contribution in [2.45, 2.75) is 19.7 Å². The van der Waals surface area contributed by atoms with Crippen LogP contribution in [0.1, 0.15) is 16.8 Å². The van der Waals surface area contributed by atoms with E-state index in [0.29, 0.717) is 6.61 Å². The average molecular weight is 303 g/mol. The summed E-state index contributed by atoms with van der Waals surface area (Å²) in [4.78, 5) is 9.08. The Morgan fingerprint density at radius 3 is 2.61 bits per heavy atom. The summed E-state index contributed by atoms with van der Waals surface area (Å²) in [7, 11) is 0. The Hall–Kier alpha value is -2.72. The Bertz CT molecular complexity index is 801. The average Bonchev–Trinajstić information content (AvgIpc) is 3.09. The molecule has 0 fully saturated rings. The molecule has 0 amide bonds. The molecule has 2 heterocycles. The summed E-state index contributed by atoms with van der Waals surface area (Å²) in [6.07, 6.45) is 1.91. The van der Waals surface area contributed by atoms with E-state index in [2.05, 4.69) is 27.4 Å². The van der Waals surface area contributed by atoms with Crippen molar-refractivity contribution in [3.8, 4) is 17.1 Å². The van der Waals surface area contributed by atoms with Crippen LogP contribution < -0.4 is 10.1 Å². The Balaban J connectivity index is 1.47. The molecule has 0 atom stereocenters. The maximum atomic E-state index is 5.81. The number of hydrogen-bond donors (Lipinski definition) is 1. The van der Waals surface area contributed by atoms with Gasteiger partial charge in [-0.2, -0.15) is 0 Å². The summed E-state index contributed by atoms with van der Waals surface area (Å²) in [5.74, 6) is 1.61. The van der Waals surface area contributed by atoms with Crippen LogP contribution in [0.3, 0.4) is 0 Å². The molecule has 0 bridgehead atoms.